The van der Waals surface area contributed by atoms with Crippen LogP contribution < -0.4 is 0 Å². The molecule has 5 heterocycles. The van der Waals surface area contributed by atoms with Gasteiger partial charge in [0, 0.05) is 40.2 Å². The summed E-state index contributed by atoms with van der Waals surface area (Å²) in [5.41, 5.74) is 9.06. The summed E-state index contributed by atoms with van der Waals surface area (Å²) in [6.07, 6.45) is 7.15. The van der Waals surface area contributed by atoms with Gasteiger partial charge in [-0.05, 0) is 72.8 Å². The standard InChI is InChI=1S/C45H28FN9/c46-30-23-21-29(22-24-30)41-51-42(33-13-1-3-15-35(33)44-49-37-17-5-7-19-39(37)54(44)31-11-9-25-47-27-31)53-43(52-41)34-14-2-4-16-36(34)45-50-38-18-6-8-20-40(38)55(45)32-12-10-26-48-28-32/h1-28H. The van der Waals surface area contributed by atoms with Gasteiger partial charge in [-0.2, -0.15) is 0 Å². The van der Waals surface area contributed by atoms with E-state index in [0.29, 0.717) is 34.7 Å². The highest BCUT2D eigenvalue weighted by Crippen LogP contribution is 2.38. The van der Waals surface area contributed by atoms with Gasteiger partial charge in [0.1, 0.15) is 17.5 Å². The van der Waals surface area contributed by atoms with E-state index in [0.717, 1.165) is 55.7 Å². The first kappa shape index (κ1) is 32.0. The second-order valence-corrected chi connectivity index (χ2v) is 12.8. The molecular weight excluding hydrogens is 686 g/mol. The molecule has 5 aromatic heterocycles. The first-order chi connectivity index (χ1) is 27.2. The first-order valence-electron chi connectivity index (χ1n) is 17.7. The zero-order valence-electron chi connectivity index (χ0n) is 29.1. The molecule has 55 heavy (non-hydrogen) atoms. The van der Waals surface area contributed by atoms with Crippen molar-refractivity contribution in [1.29, 1.82) is 0 Å². The van der Waals surface area contributed by atoms with Crippen LogP contribution in [-0.4, -0.2) is 44.0 Å². The number of fused-ring (bicyclic) bond motifs is 2. The molecule has 0 aliphatic carbocycles. The summed E-state index contributed by atoms with van der Waals surface area (Å²) < 4.78 is 18.4. The second kappa shape index (κ2) is 13.4. The Hall–Kier alpha value is -7.72. The van der Waals surface area contributed by atoms with E-state index in [9.17, 15) is 4.39 Å². The fraction of sp³-hybridized carbons (Fsp3) is 0. The number of imidazole rings is 2. The number of para-hydroxylation sites is 4. The Balaban J connectivity index is 1.22. The largest absolute Gasteiger partial charge is 0.291 e. The Kier molecular flexibility index (Phi) is 7.77. The quantitative estimate of drug-likeness (QED) is 0.162. The molecule has 0 saturated heterocycles. The van der Waals surface area contributed by atoms with Crippen LogP contribution >= 0.6 is 0 Å². The van der Waals surface area contributed by atoms with Gasteiger partial charge in [-0.15, -0.1) is 0 Å². The predicted molar refractivity (Wildman–Crippen MR) is 212 cm³/mol. The van der Waals surface area contributed by atoms with E-state index in [1.165, 1.54) is 12.1 Å². The molecule has 0 saturated carbocycles. The Morgan fingerprint density at radius 1 is 0.382 bits per heavy atom. The molecule has 0 fully saturated rings. The Bertz CT molecular complexity index is 2820. The zero-order valence-corrected chi connectivity index (χ0v) is 29.1. The van der Waals surface area contributed by atoms with Crippen LogP contribution in [0.1, 0.15) is 0 Å². The number of hydrogen-bond donors (Lipinski definition) is 0. The van der Waals surface area contributed by atoms with Crippen LogP contribution in [0.5, 0.6) is 0 Å². The van der Waals surface area contributed by atoms with Crippen molar-refractivity contribution in [2.45, 2.75) is 0 Å². The highest BCUT2D eigenvalue weighted by Gasteiger charge is 2.23. The Morgan fingerprint density at radius 3 is 1.29 bits per heavy atom. The third-order valence-electron chi connectivity index (χ3n) is 9.49. The molecule has 260 valence electrons. The average molecular weight is 714 g/mol. The summed E-state index contributed by atoms with van der Waals surface area (Å²) in [5.74, 6) is 2.32. The van der Waals surface area contributed by atoms with E-state index in [2.05, 4.69) is 19.1 Å². The van der Waals surface area contributed by atoms with Crippen molar-refractivity contribution in [3.8, 4) is 68.3 Å². The van der Waals surface area contributed by atoms with Crippen LogP contribution in [-0.2, 0) is 0 Å². The molecule has 0 aliphatic rings. The molecule has 0 amide bonds. The molecule has 0 aliphatic heterocycles. The lowest BCUT2D eigenvalue weighted by Gasteiger charge is -2.15. The molecule has 0 N–H and O–H groups in total. The molecular formula is C45H28FN9. The molecule has 0 bridgehead atoms. The number of pyridine rings is 2. The van der Waals surface area contributed by atoms with Crippen molar-refractivity contribution in [3.63, 3.8) is 0 Å². The van der Waals surface area contributed by atoms with Crippen LogP contribution in [0.15, 0.2) is 170 Å². The summed E-state index contributed by atoms with van der Waals surface area (Å²) >= 11 is 0. The van der Waals surface area contributed by atoms with E-state index in [-0.39, 0.29) is 5.82 Å². The summed E-state index contributed by atoms with van der Waals surface area (Å²) in [7, 11) is 0. The van der Waals surface area contributed by atoms with E-state index >= 15 is 0 Å². The molecule has 10 rings (SSSR count). The molecule has 5 aromatic carbocycles. The van der Waals surface area contributed by atoms with Crippen LogP contribution in [0.3, 0.4) is 0 Å². The van der Waals surface area contributed by atoms with Gasteiger partial charge in [-0.3, -0.25) is 19.1 Å². The van der Waals surface area contributed by atoms with Crippen molar-refractivity contribution in [2.75, 3.05) is 0 Å². The van der Waals surface area contributed by atoms with Gasteiger partial charge in [-0.25, -0.2) is 29.3 Å². The van der Waals surface area contributed by atoms with Gasteiger partial charge >= 0.3 is 0 Å². The van der Waals surface area contributed by atoms with Gasteiger partial charge in [0.05, 0.1) is 45.8 Å². The molecule has 0 spiro atoms. The number of halogens is 1. The maximum atomic E-state index is 14.2. The second-order valence-electron chi connectivity index (χ2n) is 12.8. The minimum Gasteiger partial charge on any atom is -0.291 e. The smallest absolute Gasteiger partial charge is 0.164 e. The Morgan fingerprint density at radius 2 is 0.818 bits per heavy atom. The third kappa shape index (κ3) is 5.69. The average Bonchev–Trinajstić information content (AvgIpc) is 3.84. The minimum atomic E-state index is -0.349. The third-order valence-corrected chi connectivity index (χ3v) is 9.49. The number of benzene rings is 5. The van der Waals surface area contributed by atoms with Crippen molar-refractivity contribution in [1.82, 2.24) is 44.0 Å². The summed E-state index contributed by atoms with van der Waals surface area (Å²) in [5, 5.41) is 0. The van der Waals surface area contributed by atoms with E-state index in [1.807, 2.05) is 134 Å². The van der Waals surface area contributed by atoms with Gasteiger partial charge < -0.3 is 0 Å². The maximum absolute atomic E-state index is 14.2. The summed E-state index contributed by atoms with van der Waals surface area (Å²) in [6.45, 7) is 0. The lowest BCUT2D eigenvalue weighted by atomic mass is 10.0. The number of rotatable bonds is 7. The molecule has 10 aromatic rings. The highest BCUT2D eigenvalue weighted by atomic mass is 19.1. The van der Waals surface area contributed by atoms with Crippen LogP contribution in [0.25, 0.3) is 90.4 Å². The van der Waals surface area contributed by atoms with Gasteiger partial charge in [0.25, 0.3) is 0 Å². The number of aromatic nitrogens is 9. The van der Waals surface area contributed by atoms with Crippen molar-refractivity contribution in [3.05, 3.63) is 176 Å². The highest BCUT2D eigenvalue weighted by molar-refractivity contribution is 5.90. The topological polar surface area (TPSA) is 100 Å². The molecule has 0 atom stereocenters. The number of nitrogens with zero attached hydrogens (tertiary/aromatic N) is 9. The monoisotopic (exact) mass is 713 g/mol. The van der Waals surface area contributed by atoms with E-state index < -0.39 is 0 Å². The van der Waals surface area contributed by atoms with Crippen LogP contribution in [0.2, 0.25) is 0 Å². The Labute approximate surface area is 314 Å². The minimum absolute atomic E-state index is 0.349. The fourth-order valence-corrected chi connectivity index (χ4v) is 7.00. The lowest BCUT2D eigenvalue weighted by molar-refractivity contribution is 0.628. The van der Waals surface area contributed by atoms with E-state index in [1.54, 1.807) is 24.5 Å². The fourth-order valence-electron chi connectivity index (χ4n) is 7.00. The summed E-state index contributed by atoms with van der Waals surface area (Å²) in [6, 6.07) is 46.0. The van der Waals surface area contributed by atoms with E-state index in [4.69, 9.17) is 24.9 Å². The molecule has 10 heteroatoms. The van der Waals surface area contributed by atoms with Gasteiger partial charge in [0.15, 0.2) is 17.5 Å². The normalized spacial score (nSPS) is 11.4. The molecule has 0 unspecified atom stereocenters. The first-order valence-corrected chi connectivity index (χ1v) is 17.7. The van der Waals surface area contributed by atoms with Crippen LogP contribution in [0.4, 0.5) is 4.39 Å². The predicted octanol–water partition coefficient (Wildman–Crippen LogP) is 9.81. The summed E-state index contributed by atoms with van der Waals surface area (Å²) in [4.78, 5) is 34.4. The lowest BCUT2D eigenvalue weighted by Crippen LogP contribution is -2.04. The maximum Gasteiger partial charge on any atom is 0.164 e. The molecule has 0 radical (unpaired) electrons. The van der Waals surface area contributed by atoms with Gasteiger partial charge in [0.2, 0.25) is 0 Å². The SMILES string of the molecule is Fc1ccc(-c2nc(-c3ccccc3-c3nc4ccccc4n3-c3cccnc3)nc(-c3ccccc3-c3nc4ccccc4n3-c3cccnc3)n2)cc1. The molecule has 9 nitrogen and oxygen atoms in total. The van der Waals surface area contributed by atoms with Crippen LogP contribution in [0, 0.1) is 5.82 Å². The van der Waals surface area contributed by atoms with Crippen molar-refractivity contribution in [2.24, 2.45) is 0 Å². The van der Waals surface area contributed by atoms with Crippen molar-refractivity contribution < 1.29 is 4.39 Å². The van der Waals surface area contributed by atoms with Crippen molar-refractivity contribution >= 4 is 22.1 Å². The van der Waals surface area contributed by atoms with Gasteiger partial charge in [-0.1, -0.05) is 72.8 Å². The zero-order chi connectivity index (χ0) is 36.7. The number of hydrogen-bond acceptors (Lipinski definition) is 7.